The van der Waals surface area contributed by atoms with E-state index in [0.29, 0.717) is 13.0 Å². The van der Waals surface area contributed by atoms with E-state index in [1.165, 1.54) is 32.1 Å². The van der Waals surface area contributed by atoms with Gasteiger partial charge in [-0.25, -0.2) is 0 Å². The van der Waals surface area contributed by atoms with Crippen molar-refractivity contribution in [1.82, 2.24) is 15.5 Å². The van der Waals surface area contributed by atoms with Gasteiger partial charge in [0.25, 0.3) is 0 Å². The molecule has 0 bridgehead atoms. The Morgan fingerprint density at radius 2 is 2.10 bits per heavy atom. The van der Waals surface area contributed by atoms with Gasteiger partial charge in [-0.3, -0.25) is 4.79 Å². The lowest BCUT2D eigenvalue weighted by molar-refractivity contribution is -0.123. The number of hydrogen-bond donors (Lipinski definition) is 2. The maximum atomic E-state index is 12.1. The highest BCUT2D eigenvalue weighted by Gasteiger charge is 2.34. The Bertz CT molecular complexity index is 308. The molecule has 1 aliphatic carbocycles. The largest absolute Gasteiger partial charge is 0.378 e. The van der Waals surface area contributed by atoms with Crippen LogP contribution in [-0.4, -0.2) is 62.8 Å². The van der Waals surface area contributed by atoms with Gasteiger partial charge in [-0.2, -0.15) is 0 Å². The molecule has 0 spiro atoms. The second-order valence-corrected chi connectivity index (χ2v) is 6.39. The van der Waals surface area contributed by atoms with Crippen LogP contribution in [0.25, 0.3) is 0 Å². The maximum absolute atomic E-state index is 12.1. The number of carbonyl (C=O) groups excluding carboxylic acids is 1. The summed E-state index contributed by atoms with van der Waals surface area (Å²) in [6.45, 7) is 3.01. The Balaban J connectivity index is 1.78. The predicted molar refractivity (Wildman–Crippen MR) is 79.7 cm³/mol. The molecule has 0 radical (unpaired) electrons. The van der Waals surface area contributed by atoms with Gasteiger partial charge >= 0.3 is 0 Å². The van der Waals surface area contributed by atoms with Crippen molar-refractivity contribution in [2.75, 3.05) is 40.4 Å². The van der Waals surface area contributed by atoms with Gasteiger partial charge in [0, 0.05) is 31.1 Å². The summed E-state index contributed by atoms with van der Waals surface area (Å²) in [5, 5.41) is 6.47. The van der Waals surface area contributed by atoms with Crippen molar-refractivity contribution >= 4 is 5.91 Å². The average Bonchev–Trinajstić information content (AvgIpc) is 2.47. The van der Waals surface area contributed by atoms with Crippen LogP contribution in [0.5, 0.6) is 0 Å². The zero-order valence-corrected chi connectivity index (χ0v) is 12.9. The van der Waals surface area contributed by atoms with Gasteiger partial charge in [-0.15, -0.1) is 0 Å². The molecule has 1 heterocycles. The number of morpholine rings is 1. The first-order valence-corrected chi connectivity index (χ1v) is 7.88. The van der Waals surface area contributed by atoms with Crippen molar-refractivity contribution in [3.8, 4) is 0 Å². The molecule has 2 aliphatic rings. The predicted octanol–water partition coefficient (Wildman–Crippen LogP) is 0.746. The molecular formula is C15H29N3O2. The molecule has 1 aliphatic heterocycles. The van der Waals surface area contributed by atoms with E-state index in [-0.39, 0.29) is 17.5 Å². The Morgan fingerprint density at radius 1 is 1.35 bits per heavy atom. The Morgan fingerprint density at radius 3 is 2.70 bits per heavy atom. The number of likely N-dealkylation sites (N-methyl/N-ethyl adjacent to an activating group) is 1. The minimum atomic E-state index is 0.139. The van der Waals surface area contributed by atoms with E-state index < -0.39 is 0 Å². The van der Waals surface area contributed by atoms with Crippen molar-refractivity contribution in [3.63, 3.8) is 0 Å². The third-order valence-corrected chi connectivity index (χ3v) is 4.78. The first kappa shape index (κ1) is 15.7. The van der Waals surface area contributed by atoms with Gasteiger partial charge < -0.3 is 20.3 Å². The van der Waals surface area contributed by atoms with Crippen LogP contribution < -0.4 is 10.6 Å². The highest BCUT2D eigenvalue weighted by molar-refractivity contribution is 5.76. The van der Waals surface area contributed by atoms with Crippen LogP contribution in [0.3, 0.4) is 0 Å². The normalized spacial score (nSPS) is 26.4. The lowest BCUT2D eigenvalue weighted by Crippen LogP contribution is -2.54. The summed E-state index contributed by atoms with van der Waals surface area (Å²) in [5.41, 5.74) is 0.157. The number of nitrogens with one attached hydrogen (secondary N) is 2. The fraction of sp³-hybridized carbons (Fsp3) is 0.933. The minimum Gasteiger partial charge on any atom is -0.378 e. The molecule has 1 amide bonds. The van der Waals surface area contributed by atoms with Crippen molar-refractivity contribution < 1.29 is 9.53 Å². The zero-order chi connectivity index (χ0) is 14.4. The quantitative estimate of drug-likeness (QED) is 0.782. The van der Waals surface area contributed by atoms with E-state index in [9.17, 15) is 4.79 Å². The van der Waals surface area contributed by atoms with Gasteiger partial charge in [0.15, 0.2) is 0 Å². The Kier molecular flexibility index (Phi) is 5.81. The van der Waals surface area contributed by atoms with Gasteiger partial charge in [0.05, 0.1) is 13.2 Å². The second kappa shape index (κ2) is 7.38. The molecule has 0 aromatic heterocycles. The number of ether oxygens (including phenoxy) is 1. The molecule has 2 N–H and O–H groups in total. The molecule has 2 rings (SSSR count). The van der Waals surface area contributed by atoms with Crippen LogP contribution in [0.1, 0.15) is 38.5 Å². The molecule has 0 aromatic carbocycles. The molecule has 1 atom stereocenters. The smallest absolute Gasteiger partial charge is 0.221 e. The van der Waals surface area contributed by atoms with E-state index in [1.807, 2.05) is 0 Å². The van der Waals surface area contributed by atoms with Crippen LogP contribution in [-0.2, 0) is 9.53 Å². The SMILES string of the molecule is CN(C)C1(CNC(=O)CC2COCCN2)CCCCC1. The lowest BCUT2D eigenvalue weighted by Gasteiger charge is -2.43. The topological polar surface area (TPSA) is 53.6 Å². The van der Waals surface area contributed by atoms with Crippen LogP contribution in [0.4, 0.5) is 0 Å². The lowest BCUT2D eigenvalue weighted by atomic mass is 9.80. The summed E-state index contributed by atoms with van der Waals surface area (Å²) in [6.07, 6.45) is 6.75. The third kappa shape index (κ3) is 4.17. The van der Waals surface area contributed by atoms with Crippen LogP contribution in [0.15, 0.2) is 0 Å². The Hall–Kier alpha value is -0.650. The number of rotatable bonds is 5. The molecule has 5 nitrogen and oxygen atoms in total. The van der Waals surface area contributed by atoms with Crippen LogP contribution >= 0.6 is 0 Å². The zero-order valence-electron chi connectivity index (χ0n) is 12.9. The summed E-state index contributed by atoms with van der Waals surface area (Å²) in [6, 6.07) is 0.172. The van der Waals surface area contributed by atoms with Gasteiger partial charge in [-0.05, 0) is 26.9 Å². The highest BCUT2D eigenvalue weighted by Crippen LogP contribution is 2.31. The fourth-order valence-electron chi connectivity index (χ4n) is 3.30. The number of hydrogen-bond acceptors (Lipinski definition) is 4. The first-order chi connectivity index (χ1) is 9.62. The number of amides is 1. The van der Waals surface area contributed by atoms with Crippen molar-refractivity contribution in [2.45, 2.75) is 50.1 Å². The Labute approximate surface area is 122 Å². The molecule has 1 unspecified atom stereocenters. The maximum Gasteiger partial charge on any atom is 0.221 e. The van der Waals surface area contributed by atoms with E-state index in [0.717, 1.165) is 19.7 Å². The molecule has 0 aromatic rings. The summed E-state index contributed by atoms with van der Waals surface area (Å²) in [4.78, 5) is 14.4. The van der Waals surface area contributed by atoms with E-state index in [1.54, 1.807) is 0 Å². The standard InChI is InChI=1S/C15H29N3O2/c1-18(2)15(6-4-3-5-7-15)12-17-14(19)10-13-11-20-9-8-16-13/h13,16H,3-12H2,1-2H3,(H,17,19). The average molecular weight is 283 g/mol. The molecular weight excluding hydrogens is 254 g/mol. The molecule has 1 saturated carbocycles. The summed E-state index contributed by atoms with van der Waals surface area (Å²) in [7, 11) is 4.27. The first-order valence-electron chi connectivity index (χ1n) is 7.88. The van der Waals surface area contributed by atoms with Crippen molar-refractivity contribution in [2.24, 2.45) is 0 Å². The van der Waals surface area contributed by atoms with Gasteiger partial charge in [0.2, 0.25) is 5.91 Å². The molecule has 2 fully saturated rings. The third-order valence-electron chi connectivity index (χ3n) is 4.78. The second-order valence-electron chi connectivity index (χ2n) is 6.39. The van der Waals surface area contributed by atoms with Crippen LogP contribution in [0, 0.1) is 0 Å². The molecule has 1 saturated heterocycles. The summed E-state index contributed by atoms with van der Waals surface area (Å²) >= 11 is 0. The van der Waals surface area contributed by atoms with E-state index in [4.69, 9.17) is 4.74 Å². The van der Waals surface area contributed by atoms with Crippen molar-refractivity contribution in [3.05, 3.63) is 0 Å². The molecule has 5 heteroatoms. The van der Waals surface area contributed by atoms with Gasteiger partial charge in [0.1, 0.15) is 0 Å². The van der Waals surface area contributed by atoms with E-state index >= 15 is 0 Å². The number of carbonyl (C=O) groups is 1. The van der Waals surface area contributed by atoms with E-state index in [2.05, 4.69) is 29.6 Å². The molecule has 20 heavy (non-hydrogen) atoms. The summed E-state index contributed by atoms with van der Waals surface area (Å²) in [5.74, 6) is 0.139. The van der Waals surface area contributed by atoms with Crippen LogP contribution in [0.2, 0.25) is 0 Å². The van der Waals surface area contributed by atoms with Crippen molar-refractivity contribution in [1.29, 1.82) is 0 Å². The molecule has 116 valence electrons. The highest BCUT2D eigenvalue weighted by atomic mass is 16.5. The summed E-state index contributed by atoms with van der Waals surface area (Å²) < 4.78 is 5.38. The minimum absolute atomic E-state index is 0.139. The fourth-order valence-corrected chi connectivity index (χ4v) is 3.30. The monoisotopic (exact) mass is 283 g/mol. The van der Waals surface area contributed by atoms with Gasteiger partial charge in [-0.1, -0.05) is 19.3 Å². The number of nitrogens with zero attached hydrogens (tertiary/aromatic N) is 1.